The molecule has 0 aliphatic heterocycles. The number of rotatable bonds is 9. The van der Waals surface area contributed by atoms with Crippen molar-refractivity contribution in [1.29, 1.82) is 0 Å². The van der Waals surface area contributed by atoms with Gasteiger partial charge in [-0.2, -0.15) is 0 Å². The Morgan fingerprint density at radius 3 is 2.66 bits per heavy atom. The third-order valence-corrected chi connectivity index (χ3v) is 5.16. The summed E-state index contributed by atoms with van der Waals surface area (Å²) in [7, 11) is 1.46. The van der Waals surface area contributed by atoms with Crippen LogP contribution in [0.3, 0.4) is 0 Å². The number of methoxy groups -OCH3 is 1. The van der Waals surface area contributed by atoms with Gasteiger partial charge in [-0.1, -0.05) is 6.92 Å². The first-order valence-corrected chi connectivity index (χ1v) is 10.3. The number of hydrogen-bond donors (Lipinski definition) is 2. The second kappa shape index (κ2) is 10.3. The highest BCUT2D eigenvalue weighted by molar-refractivity contribution is 9.10. The fraction of sp³-hybridized carbons (Fsp3) is 0.316. The van der Waals surface area contributed by atoms with Crippen LogP contribution in [0.25, 0.3) is 0 Å². The number of carbonyl (C=O) groups is 3. The van der Waals surface area contributed by atoms with Gasteiger partial charge in [0.15, 0.2) is 17.6 Å². The Balaban J connectivity index is 2.10. The van der Waals surface area contributed by atoms with Gasteiger partial charge in [0, 0.05) is 0 Å². The number of thiophene rings is 1. The molecule has 1 atom stereocenters. The highest BCUT2D eigenvalue weighted by Crippen LogP contribution is 2.37. The molecule has 0 saturated carbocycles. The molecule has 0 spiro atoms. The summed E-state index contributed by atoms with van der Waals surface area (Å²) in [5.41, 5.74) is 5.64. The molecule has 1 heterocycles. The van der Waals surface area contributed by atoms with E-state index < -0.39 is 23.9 Å². The molecule has 0 aliphatic carbocycles. The van der Waals surface area contributed by atoms with Crippen LogP contribution < -0.4 is 20.5 Å². The van der Waals surface area contributed by atoms with Crippen molar-refractivity contribution in [3.63, 3.8) is 0 Å². The average molecular weight is 485 g/mol. The number of primary amides is 1. The first-order valence-electron chi connectivity index (χ1n) is 8.67. The lowest BCUT2D eigenvalue weighted by Gasteiger charge is -2.16. The molecule has 156 valence electrons. The Bertz CT molecular complexity index is 914. The number of ether oxygens (including phenoxy) is 3. The van der Waals surface area contributed by atoms with Crippen molar-refractivity contribution in [2.45, 2.75) is 26.4 Å². The topological polar surface area (TPSA) is 117 Å². The summed E-state index contributed by atoms with van der Waals surface area (Å²) >= 11 is 4.50. The minimum atomic E-state index is -1.11. The zero-order valence-corrected chi connectivity index (χ0v) is 18.5. The maximum absolute atomic E-state index is 12.5. The second-order valence-electron chi connectivity index (χ2n) is 5.90. The van der Waals surface area contributed by atoms with Gasteiger partial charge in [-0.3, -0.25) is 9.59 Å². The van der Waals surface area contributed by atoms with Crippen LogP contribution in [-0.2, 0) is 9.53 Å². The molecule has 0 unspecified atom stereocenters. The number of anilines is 1. The number of benzene rings is 1. The molecule has 0 saturated heterocycles. The Morgan fingerprint density at radius 2 is 2.03 bits per heavy atom. The third kappa shape index (κ3) is 5.70. The van der Waals surface area contributed by atoms with Crippen LogP contribution in [0.2, 0.25) is 0 Å². The molecule has 0 aliphatic rings. The lowest BCUT2D eigenvalue weighted by molar-refractivity contribution is -0.123. The van der Waals surface area contributed by atoms with E-state index in [4.69, 9.17) is 19.9 Å². The highest BCUT2D eigenvalue weighted by Gasteiger charge is 2.23. The third-order valence-electron chi connectivity index (χ3n) is 3.74. The Labute approximate surface area is 180 Å². The van der Waals surface area contributed by atoms with Gasteiger partial charge >= 0.3 is 5.97 Å². The fourth-order valence-corrected chi connectivity index (χ4v) is 3.63. The largest absolute Gasteiger partial charge is 0.493 e. The van der Waals surface area contributed by atoms with Gasteiger partial charge in [-0.15, -0.1) is 11.3 Å². The lowest BCUT2D eigenvalue weighted by Crippen LogP contribution is -2.30. The van der Waals surface area contributed by atoms with Gasteiger partial charge in [0.25, 0.3) is 11.8 Å². The van der Waals surface area contributed by atoms with Gasteiger partial charge in [0.2, 0.25) is 0 Å². The lowest BCUT2D eigenvalue weighted by atomic mass is 10.2. The molecule has 10 heteroatoms. The number of halogens is 1. The van der Waals surface area contributed by atoms with E-state index in [2.05, 4.69) is 21.2 Å². The quantitative estimate of drug-likeness (QED) is 0.525. The molecular weight excluding hydrogens is 464 g/mol. The predicted molar refractivity (Wildman–Crippen MR) is 113 cm³/mol. The summed E-state index contributed by atoms with van der Waals surface area (Å²) in [6.45, 7) is 3.89. The number of hydrogen-bond acceptors (Lipinski definition) is 7. The zero-order valence-electron chi connectivity index (χ0n) is 16.1. The second-order valence-corrected chi connectivity index (χ2v) is 7.67. The normalized spacial score (nSPS) is 11.4. The highest BCUT2D eigenvalue weighted by atomic mass is 79.9. The van der Waals surface area contributed by atoms with Gasteiger partial charge in [0.05, 0.1) is 29.3 Å². The fourth-order valence-electron chi connectivity index (χ4n) is 2.28. The van der Waals surface area contributed by atoms with Crippen LogP contribution >= 0.6 is 27.3 Å². The molecule has 2 rings (SSSR count). The van der Waals surface area contributed by atoms with Crippen molar-refractivity contribution in [2.24, 2.45) is 5.73 Å². The number of carbonyl (C=O) groups excluding carboxylic acids is 3. The molecule has 8 nitrogen and oxygen atoms in total. The first-order chi connectivity index (χ1) is 13.8. The average Bonchev–Trinajstić information content (AvgIpc) is 3.14. The van der Waals surface area contributed by atoms with Crippen LogP contribution in [0.5, 0.6) is 11.5 Å². The van der Waals surface area contributed by atoms with E-state index in [-0.39, 0.29) is 11.1 Å². The summed E-state index contributed by atoms with van der Waals surface area (Å²) in [4.78, 5) is 36.2. The summed E-state index contributed by atoms with van der Waals surface area (Å²) in [6.07, 6.45) is -0.292. The van der Waals surface area contributed by atoms with Crippen molar-refractivity contribution in [3.8, 4) is 11.5 Å². The van der Waals surface area contributed by atoms with Crippen LogP contribution in [0, 0.1) is 0 Å². The molecule has 2 aromatic rings. The van der Waals surface area contributed by atoms with E-state index in [0.717, 1.165) is 17.8 Å². The first kappa shape index (κ1) is 22.7. The predicted octanol–water partition coefficient (Wildman–Crippen LogP) is 3.59. The van der Waals surface area contributed by atoms with E-state index in [9.17, 15) is 14.4 Å². The number of nitrogens with one attached hydrogen (secondary N) is 1. The Morgan fingerprint density at radius 1 is 1.31 bits per heavy atom. The van der Waals surface area contributed by atoms with Gasteiger partial charge in [-0.05, 0) is 52.9 Å². The molecule has 2 amide bonds. The van der Waals surface area contributed by atoms with Crippen molar-refractivity contribution in [1.82, 2.24) is 0 Å². The summed E-state index contributed by atoms with van der Waals surface area (Å²) < 4.78 is 16.7. The van der Waals surface area contributed by atoms with Gasteiger partial charge in [-0.25, -0.2) is 4.79 Å². The number of esters is 1. The molecule has 0 bridgehead atoms. The smallest absolute Gasteiger partial charge is 0.339 e. The molecule has 1 aromatic carbocycles. The van der Waals surface area contributed by atoms with Crippen LogP contribution in [-0.4, -0.2) is 37.6 Å². The Hall–Kier alpha value is -2.59. The molecule has 3 N–H and O–H groups in total. The molecule has 0 fully saturated rings. The zero-order chi connectivity index (χ0) is 21.6. The van der Waals surface area contributed by atoms with Gasteiger partial charge in [0.1, 0.15) is 5.00 Å². The SMILES string of the molecule is CCCOc1c(Br)cc(C(=O)O[C@@H](C)C(=O)Nc2sccc2C(N)=O)cc1OC. The minimum Gasteiger partial charge on any atom is -0.493 e. The molecule has 29 heavy (non-hydrogen) atoms. The van der Waals surface area contributed by atoms with Crippen LogP contribution in [0.1, 0.15) is 41.0 Å². The van der Waals surface area contributed by atoms with Crippen LogP contribution in [0.4, 0.5) is 5.00 Å². The standard InChI is InChI=1S/C19H21BrN2O6S/c1-4-6-27-15-13(20)8-11(9-14(15)26-3)19(25)28-10(2)17(24)22-18-12(16(21)23)5-7-29-18/h5,7-10H,4,6H2,1-3H3,(H2,21,23)(H,22,24)/t10-/m0/s1. The minimum absolute atomic E-state index is 0.186. The van der Waals surface area contributed by atoms with Crippen LogP contribution in [0.15, 0.2) is 28.1 Å². The van der Waals surface area contributed by atoms with E-state index in [1.165, 1.54) is 32.2 Å². The van der Waals surface area contributed by atoms with E-state index in [1.54, 1.807) is 5.38 Å². The van der Waals surface area contributed by atoms with Crippen molar-refractivity contribution >= 4 is 50.1 Å². The van der Waals surface area contributed by atoms with Gasteiger partial charge < -0.3 is 25.3 Å². The molecule has 1 aromatic heterocycles. The Kier molecular flexibility index (Phi) is 8.03. The van der Waals surface area contributed by atoms with Crippen molar-refractivity contribution in [2.75, 3.05) is 19.0 Å². The molecule has 0 radical (unpaired) electrons. The summed E-state index contributed by atoms with van der Waals surface area (Å²) in [5.74, 6) is -1.12. The van der Waals surface area contributed by atoms with E-state index in [0.29, 0.717) is 27.6 Å². The monoisotopic (exact) mass is 484 g/mol. The number of nitrogens with two attached hydrogens (primary N) is 1. The summed E-state index contributed by atoms with van der Waals surface area (Å²) in [5, 5.41) is 4.46. The molecular formula is C19H21BrN2O6S. The van der Waals surface area contributed by atoms with E-state index >= 15 is 0 Å². The summed E-state index contributed by atoms with van der Waals surface area (Å²) in [6, 6.07) is 4.52. The maximum atomic E-state index is 12.5. The van der Waals surface area contributed by atoms with E-state index in [1.807, 2.05) is 6.92 Å². The maximum Gasteiger partial charge on any atom is 0.339 e. The van der Waals surface area contributed by atoms with Crippen molar-refractivity contribution < 1.29 is 28.6 Å². The number of amides is 2. The van der Waals surface area contributed by atoms with Crippen molar-refractivity contribution in [3.05, 3.63) is 39.2 Å².